The summed E-state index contributed by atoms with van der Waals surface area (Å²) < 4.78 is 0. The predicted octanol–water partition coefficient (Wildman–Crippen LogP) is 3.98. The number of hydrogen-bond acceptors (Lipinski definition) is 5. The Morgan fingerprint density at radius 2 is 1.81 bits per heavy atom. The number of rotatable bonds is 4. The summed E-state index contributed by atoms with van der Waals surface area (Å²) in [5.41, 5.74) is 3.73. The molecule has 0 fully saturated rings. The first-order chi connectivity index (χ1) is 12.8. The van der Waals surface area contributed by atoms with Crippen molar-refractivity contribution < 1.29 is 9.90 Å². The molecule has 8 heteroatoms. The maximum absolute atomic E-state index is 12.5. The molecular formula is C19H19N5O3. The molecule has 1 aromatic heterocycles. The number of aliphatic hydroxyl groups excluding tert-OH is 1. The molecule has 0 aliphatic heterocycles. The van der Waals surface area contributed by atoms with Crippen molar-refractivity contribution in [1.82, 2.24) is 9.97 Å². The number of benzene rings is 2. The third kappa shape index (κ3) is 4.12. The predicted molar refractivity (Wildman–Crippen MR) is 103 cm³/mol. The Morgan fingerprint density at radius 3 is 2.52 bits per heavy atom. The van der Waals surface area contributed by atoms with Gasteiger partial charge in [0.2, 0.25) is 0 Å². The van der Waals surface area contributed by atoms with Crippen molar-refractivity contribution in [3.63, 3.8) is 0 Å². The minimum Gasteiger partial charge on any atom is -0.510 e. The second-order valence-corrected chi connectivity index (χ2v) is 6.22. The van der Waals surface area contributed by atoms with Crippen LogP contribution in [0.4, 0.5) is 11.4 Å². The van der Waals surface area contributed by atoms with Gasteiger partial charge in [0.1, 0.15) is 5.76 Å². The van der Waals surface area contributed by atoms with E-state index < -0.39 is 5.91 Å². The molecule has 1 amide bonds. The summed E-state index contributed by atoms with van der Waals surface area (Å²) in [6.45, 7) is 5.21. The van der Waals surface area contributed by atoms with Crippen molar-refractivity contribution in [2.75, 3.05) is 5.32 Å². The third-order valence-electron chi connectivity index (χ3n) is 3.95. The zero-order valence-corrected chi connectivity index (χ0v) is 15.1. The van der Waals surface area contributed by atoms with Gasteiger partial charge in [-0.15, -0.1) is 5.11 Å². The fourth-order valence-corrected chi connectivity index (χ4v) is 2.61. The van der Waals surface area contributed by atoms with Crippen LogP contribution in [0.15, 0.2) is 62.9 Å². The van der Waals surface area contributed by atoms with Crippen LogP contribution in [0.5, 0.6) is 0 Å². The fourth-order valence-electron chi connectivity index (χ4n) is 2.61. The molecule has 0 atom stereocenters. The molecule has 8 nitrogen and oxygen atoms in total. The Kier molecular flexibility index (Phi) is 4.89. The molecular weight excluding hydrogens is 346 g/mol. The number of fused-ring (bicyclic) bond motifs is 1. The summed E-state index contributed by atoms with van der Waals surface area (Å²) in [6, 6.07) is 10.5. The zero-order valence-electron chi connectivity index (χ0n) is 15.1. The number of anilines is 1. The first-order valence-electron chi connectivity index (χ1n) is 8.26. The van der Waals surface area contributed by atoms with Crippen molar-refractivity contribution in [1.29, 1.82) is 0 Å². The second kappa shape index (κ2) is 7.28. The lowest BCUT2D eigenvalue weighted by Gasteiger charge is -2.09. The van der Waals surface area contributed by atoms with Crippen LogP contribution in [-0.4, -0.2) is 21.0 Å². The number of H-pyrrole nitrogens is 2. The van der Waals surface area contributed by atoms with E-state index in [9.17, 15) is 14.7 Å². The summed E-state index contributed by atoms with van der Waals surface area (Å²) in [6.07, 6.45) is 0. The number of aromatic nitrogens is 2. The fraction of sp³-hybridized carbons (Fsp3) is 0.158. The van der Waals surface area contributed by atoms with E-state index in [2.05, 4.69) is 25.5 Å². The Hall–Kier alpha value is -3.68. The summed E-state index contributed by atoms with van der Waals surface area (Å²) in [5.74, 6) is -0.820. The van der Waals surface area contributed by atoms with Gasteiger partial charge in [-0.2, -0.15) is 5.11 Å². The van der Waals surface area contributed by atoms with E-state index in [-0.39, 0.29) is 17.1 Å². The highest BCUT2D eigenvalue weighted by molar-refractivity contribution is 6.04. The van der Waals surface area contributed by atoms with Gasteiger partial charge in [0.15, 0.2) is 5.70 Å². The molecule has 4 N–H and O–H groups in total. The maximum Gasteiger partial charge on any atom is 0.323 e. The minimum absolute atomic E-state index is 0.197. The van der Waals surface area contributed by atoms with E-state index in [1.807, 2.05) is 26.0 Å². The Labute approximate surface area is 154 Å². The van der Waals surface area contributed by atoms with E-state index in [1.165, 1.54) is 6.92 Å². The van der Waals surface area contributed by atoms with Gasteiger partial charge in [0, 0.05) is 5.69 Å². The largest absolute Gasteiger partial charge is 0.510 e. The van der Waals surface area contributed by atoms with Gasteiger partial charge >= 0.3 is 5.69 Å². The average Bonchev–Trinajstić information content (AvgIpc) is 2.96. The Bertz CT molecular complexity index is 1130. The number of amides is 1. The molecule has 2 aromatic carbocycles. The lowest BCUT2D eigenvalue weighted by atomic mass is 10.1. The van der Waals surface area contributed by atoms with Crippen LogP contribution in [0.2, 0.25) is 0 Å². The minimum atomic E-state index is -0.568. The van der Waals surface area contributed by atoms with Gasteiger partial charge in [-0.1, -0.05) is 17.7 Å². The van der Waals surface area contributed by atoms with E-state index in [4.69, 9.17) is 0 Å². The molecule has 0 saturated carbocycles. The molecule has 3 aromatic rings. The number of carbonyl (C=O) groups excluding carboxylic acids is 1. The molecule has 138 valence electrons. The van der Waals surface area contributed by atoms with Crippen LogP contribution < -0.4 is 11.0 Å². The van der Waals surface area contributed by atoms with E-state index in [0.717, 1.165) is 11.1 Å². The molecule has 27 heavy (non-hydrogen) atoms. The molecule has 0 saturated heterocycles. The second-order valence-electron chi connectivity index (χ2n) is 6.22. The topological polar surface area (TPSA) is 123 Å². The first-order valence-corrected chi connectivity index (χ1v) is 8.26. The van der Waals surface area contributed by atoms with E-state index in [1.54, 1.807) is 24.3 Å². The summed E-state index contributed by atoms with van der Waals surface area (Å²) >= 11 is 0. The van der Waals surface area contributed by atoms with Crippen LogP contribution in [-0.2, 0) is 4.79 Å². The van der Waals surface area contributed by atoms with Crippen molar-refractivity contribution in [2.45, 2.75) is 20.8 Å². The monoisotopic (exact) mass is 365 g/mol. The van der Waals surface area contributed by atoms with Crippen LogP contribution in [0, 0.1) is 13.8 Å². The van der Waals surface area contributed by atoms with Gasteiger partial charge in [-0.05, 0) is 50.6 Å². The molecule has 0 spiro atoms. The average molecular weight is 365 g/mol. The molecule has 0 unspecified atom stereocenters. The van der Waals surface area contributed by atoms with Crippen LogP contribution in [0.3, 0.4) is 0 Å². The Morgan fingerprint density at radius 1 is 1.07 bits per heavy atom. The number of aromatic amines is 2. The van der Waals surface area contributed by atoms with Gasteiger partial charge in [-0.25, -0.2) is 4.79 Å². The van der Waals surface area contributed by atoms with Gasteiger partial charge in [0.25, 0.3) is 5.91 Å². The van der Waals surface area contributed by atoms with E-state index in [0.29, 0.717) is 22.4 Å². The van der Waals surface area contributed by atoms with Crippen LogP contribution in [0.25, 0.3) is 11.0 Å². The maximum atomic E-state index is 12.5. The number of aryl methyl sites for hydroxylation is 2. The number of imidazole rings is 1. The Balaban J connectivity index is 1.84. The molecule has 3 rings (SSSR count). The molecule has 1 heterocycles. The third-order valence-corrected chi connectivity index (χ3v) is 3.95. The summed E-state index contributed by atoms with van der Waals surface area (Å²) in [7, 11) is 0. The number of nitrogens with zero attached hydrogens (tertiary/aromatic N) is 2. The van der Waals surface area contributed by atoms with Crippen LogP contribution in [0.1, 0.15) is 18.1 Å². The molecule has 0 aliphatic carbocycles. The van der Waals surface area contributed by atoms with Crippen molar-refractivity contribution in [2.24, 2.45) is 10.2 Å². The lowest BCUT2D eigenvalue weighted by molar-refractivity contribution is -0.113. The van der Waals surface area contributed by atoms with Crippen LogP contribution >= 0.6 is 0 Å². The molecule has 0 aliphatic rings. The smallest absolute Gasteiger partial charge is 0.323 e. The van der Waals surface area contributed by atoms with E-state index >= 15 is 0 Å². The van der Waals surface area contributed by atoms with Gasteiger partial charge in [0.05, 0.1) is 16.7 Å². The highest BCUT2D eigenvalue weighted by Gasteiger charge is 2.14. The highest BCUT2D eigenvalue weighted by atomic mass is 16.3. The summed E-state index contributed by atoms with van der Waals surface area (Å²) in [5, 5.41) is 20.5. The van der Waals surface area contributed by atoms with Gasteiger partial charge < -0.3 is 20.4 Å². The molecule has 0 radical (unpaired) electrons. The standard InChI is InChI=1S/C19H19N5O3/c1-10-4-6-14(11(2)8-10)20-18(26)17(12(3)25)24-23-13-5-7-15-16(9-13)22-19(27)21-15/h4-9,25H,1-3H3,(H,20,26)(H2,21,22,27). The number of carbonyl (C=O) groups is 1. The number of hydrogen-bond donors (Lipinski definition) is 4. The highest BCUT2D eigenvalue weighted by Crippen LogP contribution is 2.21. The number of azo groups is 1. The normalized spacial score (nSPS) is 12.4. The lowest BCUT2D eigenvalue weighted by Crippen LogP contribution is -2.15. The first kappa shape index (κ1) is 18.1. The summed E-state index contributed by atoms with van der Waals surface area (Å²) in [4.78, 5) is 29.0. The van der Waals surface area contributed by atoms with Gasteiger partial charge in [-0.3, -0.25) is 4.79 Å². The zero-order chi connectivity index (χ0) is 19.6. The number of allylic oxidation sites excluding steroid dienone is 1. The van der Waals surface area contributed by atoms with Crippen molar-refractivity contribution >= 4 is 28.3 Å². The van der Waals surface area contributed by atoms with Crippen molar-refractivity contribution in [3.8, 4) is 0 Å². The molecule has 0 bridgehead atoms. The quantitative estimate of drug-likeness (QED) is 0.317. The van der Waals surface area contributed by atoms with Crippen molar-refractivity contribution in [3.05, 3.63) is 69.5 Å². The SMILES string of the molecule is CC(O)=C(N=Nc1ccc2[nH]c(=O)[nH]c2c1)C(=O)Nc1ccc(C)cc1C. The number of aliphatic hydroxyl groups is 1. The number of nitrogens with one attached hydrogen (secondary N) is 3.